The minimum Gasteiger partial charge on any atom is -0.465 e. The van der Waals surface area contributed by atoms with Gasteiger partial charge in [-0.25, -0.2) is 13.6 Å². The lowest BCUT2D eigenvalue weighted by Gasteiger charge is -2.16. The minimum atomic E-state index is -0.873. The molecule has 0 spiro atoms. The van der Waals surface area contributed by atoms with E-state index in [2.05, 4.69) is 10.1 Å². The van der Waals surface area contributed by atoms with Crippen LogP contribution >= 0.6 is 0 Å². The molecule has 0 aliphatic heterocycles. The van der Waals surface area contributed by atoms with Crippen LogP contribution in [0.25, 0.3) is 0 Å². The Balaban J connectivity index is 2.14. The molecule has 0 aliphatic rings. The number of anilines is 1. The lowest BCUT2D eigenvalue weighted by molar-refractivity contribution is 0.0601. The maximum absolute atomic E-state index is 13.7. The summed E-state index contributed by atoms with van der Waals surface area (Å²) in [7, 11) is 1.31. The monoisotopic (exact) mass is 291 g/mol. The van der Waals surface area contributed by atoms with Gasteiger partial charge in [-0.2, -0.15) is 0 Å². The molecule has 5 heteroatoms. The fourth-order valence-electron chi connectivity index (χ4n) is 2.00. The summed E-state index contributed by atoms with van der Waals surface area (Å²) in [5, 5.41) is 3.05. The second kappa shape index (κ2) is 6.35. The molecule has 0 bridgehead atoms. The van der Waals surface area contributed by atoms with Gasteiger partial charge in [0.25, 0.3) is 0 Å². The Morgan fingerprint density at radius 1 is 1.14 bits per heavy atom. The SMILES string of the molecule is COC(=O)c1ccc(NC(C)c2cccc(F)c2F)cc1. The van der Waals surface area contributed by atoms with Gasteiger partial charge in [0.2, 0.25) is 0 Å². The molecular weight excluding hydrogens is 276 g/mol. The molecule has 1 unspecified atom stereocenters. The molecule has 110 valence electrons. The molecule has 0 saturated heterocycles. The predicted molar refractivity (Wildman–Crippen MR) is 76.2 cm³/mol. The minimum absolute atomic E-state index is 0.243. The van der Waals surface area contributed by atoms with Gasteiger partial charge < -0.3 is 10.1 Å². The van der Waals surface area contributed by atoms with Crippen molar-refractivity contribution in [2.75, 3.05) is 12.4 Å². The van der Waals surface area contributed by atoms with Crippen molar-refractivity contribution < 1.29 is 18.3 Å². The Kier molecular flexibility index (Phi) is 4.52. The number of methoxy groups -OCH3 is 1. The van der Waals surface area contributed by atoms with Gasteiger partial charge in [-0.05, 0) is 37.3 Å². The van der Waals surface area contributed by atoms with E-state index in [0.717, 1.165) is 6.07 Å². The zero-order chi connectivity index (χ0) is 15.4. The van der Waals surface area contributed by atoms with Gasteiger partial charge in [-0.1, -0.05) is 12.1 Å². The van der Waals surface area contributed by atoms with Crippen molar-refractivity contribution in [2.45, 2.75) is 13.0 Å². The highest BCUT2D eigenvalue weighted by Crippen LogP contribution is 2.23. The van der Waals surface area contributed by atoms with Crippen LogP contribution in [0, 0.1) is 11.6 Å². The van der Waals surface area contributed by atoms with E-state index in [0.29, 0.717) is 11.3 Å². The summed E-state index contributed by atoms with van der Waals surface area (Å²) in [4.78, 5) is 11.3. The summed E-state index contributed by atoms with van der Waals surface area (Å²) in [6.45, 7) is 1.73. The van der Waals surface area contributed by atoms with Crippen molar-refractivity contribution in [1.82, 2.24) is 0 Å². The average molecular weight is 291 g/mol. The first-order valence-corrected chi connectivity index (χ1v) is 6.41. The first-order valence-electron chi connectivity index (χ1n) is 6.41. The van der Waals surface area contributed by atoms with Gasteiger partial charge in [0, 0.05) is 11.3 Å². The molecule has 1 N–H and O–H groups in total. The number of hydrogen-bond acceptors (Lipinski definition) is 3. The van der Waals surface area contributed by atoms with Crippen molar-refractivity contribution in [3.05, 3.63) is 65.2 Å². The highest BCUT2D eigenvalue weighted by atomic mass is 19.2. The fraction of sp³-hybridized carbons (Fsp3) is 0.188. The summed E-state index contributed by atoms with van der Waals surface area (Å²) < 4.78 is 31.5. The summed E-state index contributed by atoms with van der Waals surface area (Å²) in [5.74, 6) is -2.16. The van der Waals surface area contributed by atoms with E-state index < -0.39 is 23.6 Å². The molecule has 0 saturated carbocycles. The van der Waals surface area contributed by atoms with Gasteiger partial charge in [0.15, 0.2) is 11.6 Å². The summed E-state index contributed by atoms with van der Waals surface area (Å²) in [6.07, 6.45) is 0. The molecule has 21 heavy (non-hydrogen) atoms. The zero-order valence-corrected chi connectivity index (χ0v) is 11.7. The van der Waals surface area contributed by atoms with Gasteiger partial charge in [-0.15, -0.1) is 0 Å². The lowest BCUT2D eigenvalue weighted by atomic mass is 10.1. The second-order valence-electron chi connectivity index (χ2n) is 4.58. The Morgan fingerprint density at radius 2 is 1.81 bits per heavy atom. The van der Waals surface area contributed by atoms with Gasteiger partial charge in [0.1, 0.15) is 0 Å². The molecule has 2 rings (SSSR count). The van der Waals surface area contributed by atoms with Crippen molar-refractivity contribution in [1.29, 1.82) is 0 Å². The number of benzene rings is 2. The van der Waals surface area contributed by atoms with E-state index in [1.165, 1.54) is 19.2 Å². The number of hydrogen-bond donors (Lipinski definition) is 1. The average Bonchev–Trinajstić information content (AvgIpc) is 2.50. The molecule has 2 aromatic rings. The third-order valence-electron chi connectivity index (χ3n) is 3.14. The Hall–Kier alpha value is -2.43. The molecular formula is C16H15F2NO2. The summed E-state index contributed by atoms with van der Waals surface area (Å²) in [5.41, 5.74) is 1.36. The molecule has 2 aromatic carbocycles. The second-order valence-corrected chi connectivity index (χ2v) is 4.58. The molecule has 3 nitrogen and oxygen atoms in total. The molecule has 0 fully saturated rings. The zero-order valence-electron chi connectivity index (χ0n) is 11.7. The first-order chi connectivity index (χ1) is 10.0. The molecule has 0 radical (unpaired) electrons. The van der Waals surface area contributed by atoms with Crippen LogP contribution in [0.4, 0.5) is 14.5 Å². The van der Waals surface area contributed by atoms with Crippen LogP contribution in [0.3, 0.4) is 0 Å². The Labute approximate surface area is 121 Å². The largest absolute Gasteiger partial charge is 0.465 e. The van der Waals surface area contributed by atoms with Crippen molar-refractivity contribution in [3.8, 4) is 0 Å². The maximum atomic E-state index is 13.7. The Bertz CT molecular complexity index is 641. The third-order valence-corrected chi connectivity index (χ3v) is 3.14. The fourth-order valence-corrected chi connectivity index (χ4v) is 2.00. The number of carbonyl (C=O) groups is 1. The highest BCUT2D eigenvalue weighted by Gasteiger charge is 2.14. The number of ether oxygens (including phenoxy) is 1. The molecule has 0 aliphatic carbocycles. The van der Waals surface area contributed by atoms with Crippen LogP contribution in [-0.4, -0.2) is 13.1 Å². The van der Waals surface area contributed by atoms with Crippen molar-refractivity contribution in [2.24, 2.45) is 0 Å². The summed E-state index contributed by atoms with van der Waals surface area (Å²) in [6, 6.07) is 10.2. The molecule has 0 amide bonds. The molecule has 0 heterocycles. The van der Waals surface area contributed by atoms with Crippen LogP contribution in [0.5, 0.6) is 0 Å². The Morgan fingerprint density at radius 3 is 2.43 bits per heavy atom. The van der Waals surface area contributed by atoms with E-state index in [1.807, 2.05) is 0 Å². The number of halogens is 2. The van der Waals surface area contributed by atoms with Crippen LogP contribution in [-0.2, 0) is 4.74 Å². The quantitative estimate of drug-likeness (QED) is 0.868. The number of esters is 1. The van der Waals surface area contributed by atoms with Crippen molar-refractivity contribution in [3.63, 3.8) is 0 Å². The maximum Gasteiger partial charge on any atom is 0.337 e. The third kappa shape index (κ3) is 3.37. The van der Waals surface area contributed by atoms with Gasteiger partial charge in [0.05, 0.1) is 18.7 Å². The number of nitrogens with one attached hydrogen (secondary N) is 1. The van der Waals surface area contributed by atoms with E-state index in [4.69, 9.17) is 0 Å². The normalized spacial score (nSPS) is 11.8. The standard InChI is InChI=1S/C16H15F2NO2/c1-10(13-4-3-5-14(17)15(13)18)19-12-8-6-11(7-9-12)16(20)21-2/h3-10,19H,1-2H3. The number of carbonyl (C=O) groups excluding carboxylic acids is 1. The first kappa shape index (κ1) is 15.0. The van der Waals surface area contributed by atoms with Crippen LogP contribution in [0.2, 0.25) is 0 Å². The van der Waals surface area contributed by atoms with E-state index in [9.17, 15) is 13.6 Å². The van der Waals surface area contributed by atoms with Crippen molar-refractivity contribution >= 4 is 11.7 Å². The summed E-state index contributed by atoms with van der Waals surface area (Å²) >= 11 is 0. The van der Waals surface area contributed by atoms with E-state index >= 15 is 0 Å². The predicted octanol–water partition coefficient (Wildman–Crippen LogP) is 3.92. The molecule has 0 aromatic heterocycles. The van der Waals surface area contributed by atoms with E-state index in [-0.39, 0.29) is 5.56 Å². The lowest BCUT2D eigenvalue weighted by Crippen LogP contribution is -2.10. The van der Waals surface area contributed by atoms with Crippen LogP contribution in [0.1, 0.15) is 28.9 Å². The van der Waals surface area contributed by atoms with Gasteiger partial charge >= 0.3 is 5.97 Å². The smallest absolute Gasteiger partial charge is 0.337 e. The van der Waals surface area contributed by atoms with E-state index in [1.54, 1.807) is 31.2 Å². The molecule has 1 atom stereocenters. The highest BCUT2D eigenvalue weighted by molar-refractivity contribution is 5.89. The van der Waals surface area contributed by atoms with Crippen LogP contribution < -0.4 is 5.32 Å². The number of rotatable bonds is 4. The van der Waals surface area contributed by atoms with Crippen LogP contribution in [0.15, 0.2) is 42.5 Å². The topological polar surface area (TPSA) is 38.3 Å². The van der Waals surface area contributed by atoms with Gasteiger partial charge in [-0.3, -0.25) is 0 Å².